The monoisotopic (exact) mass is 363 g/mol. The van der Waals surface area contributed by atoms with Crippen LogP contribution in [0, 0.1) is 6.92 Å². The van der Waals surface area contributed by atoms with E-state index in [1.54, 1.807) is 12.3 Å². The largest absolute Gasteiger partial charge is 0.467 e. The first-order chi connectivity index (χ1) is 13.2. The van der Waals surface area contributed by atoms with Crippen LogP contribution in [0.1, 0.15) is 46.0 Å². The van der Waals surface area contributed by atoms with E-state index in [0.717, 1.165) is 47.5 Å². The van der Waals surface area contributed by atoms with E-state index < -0.39 is 0 Å². The fourth-order valence-electron chi connectivity index (χ4n) is 3.30. The van der Waals surface area contributed by atoms with E-state index in [9.17, 15) is 4.79 Å². The number of hydrazone groups is 1. The second kappa shape index (κ2) is 7.53. The SMILES string of the molecule is Cc1c(C(=O)NCc2ccco2)oc2c1/C(=N/Nc1ccccc1)CCC2. The van der Waals surface area contributed by atoms with E-state index in [1.165, 1.54) is 0 Å². The third-order valence-corrected chi connectivity index (χ3v) is 4.63. The number of aryl methyl sites for hydroxylation is 1. The predicted molar refractivity (Wildman–Crippen MR) is 103 cm³/mol. The second-order valence-corrected chi connectivity index (χ2v) is 6.51. The van der Waals surface area contributed by atoms with E-state index >= 15 is 0 Å². The fraction of sp³-hybridized carbons (Fsp3) is 0.238. The van der Waals surface area contributed by atoms with Gasteiger partial charge in [0.25, 0.3) is 5.91 Å². The number of fused-ring (bicyclic) bond motifs is 1. The van der Waals surface area contributed by atoms with Gasteiger partial charge in [0.1, 0.15) is 11.5 Å². The molecule has 6 nitrogen and oxygen atoms in total. The van der Waals surface area contributed by atoms with Crippen LogP contribution >= 0.6 is 0 Å². The summed E-state index contributed by atoms with van der Waals surface area (Å²) in [5, 5.41) is 7.42. The molecular formula is C21H21N3O3. The molecule has 6 heteroatoms. The first kappa shape index (κ1) is 17.1. The Labute approximate surface area is 157 Å². The van der Waals surface area contributed by atoms with Crippen molar-refractivity contribution >= 4 is 17.3 Å². The van der Waals surface area contributed by atoms with Gasteiger partial charge in [-0.15, -0.1) is 0 Å². The summed E-state index contributed by atoms with van der Waals surface area (Å²) < 4.78 is 11.1. The molecule has 1 aliphatic carbocycles. The van der Waals surface area contributed by atoms with Crippen LogP contribution in [0.5, 0.6) is 0 Å². The van der Waals surface area contributed by atoms with E-state index in [0.29, 0.717) is 18.1 Å². The molecule has 0 spiro atoms. The normalized spacial score (nSPS) is 14.8. The Bertz CT molecular complexity index is 956. The minimum Gasteiger partial charge on any atom is -0.467 e. The van der Waals surface area contributed by atoms with Gasteiger partial charge in [-0.3, -0.25) is 10.2 Å². The van der Waals surface area contributed by atoms with Crippen molar-refractivity contribution in [3.63, 3.8) is 0 Å². The highest BCUT2D eigenvalue weighted by Gasteiger charge is 2.27. The van der Waals surface area contributed by atoms with Gasteiger partial charge in [0.2, 0.25) is 0 Å². The van der Waals surface area contributed by atoms with Gasteiger partial charge >= 0.3 is 0 Å². The van der Waals surface area contributed by atoms with Crippen LogP contribution in [0.25, 0.3) is 0 Å². The van der Waals surface area contributed by atoms with E-state index in [1.807, 2.05) is 43.3 Å². The van der Waals surface area contributed by atoms with E-state index in [4.69, 9.17) is 8.83 Å². The van der Waals surface area contributed by atoms with Crippen molar-refractivity contribution < 1.29 is 13.6 Å². The number of nitrogens with zero attached hydrogens (tertiary/aromatic N) is 1. The zero-order valence-electron chi connectivity index (χ0n) is 15.1. The lowest BCUT2D eigenvalue weighted by atomic mass is 9.93. The first-order valence-electron chi connectivity index (χ1n) is 9.03. The lowest BCUT2D eigenvalue weighted by molar-refractivity contribution is 0.0917. The van der Waals surface area contributed by atoms with Crippen molar-refractivity contribution in [1.29, 1.82) is 0 Å². The molecule has 1 aliphatic rings. The summed E-state index contributed by atoms with van der Waals surface area (Å²) in [6.45, 7) is 2.24. The quantitative estimate of drug-likeness (QED) is 0.664. The fourth-order valence-corrected chi connectivity index (χ4v) is 3.30. The Hall–Kier alpha value is -3.28. The Kier molecular flexibility index (Phi) is 4.78. The molecule has 138 valence electrons. The lowest BCUT2D eigenvalue weighted by Crippen LogP contribution is -2.23. The number of rotatable bonds is 5. The van der Waals surface area contributed by atoms with Crippen molar-refractivity contribution in [2.75, 3.05) is 5.43 Å². The molecule has 27 heavy (non-hydrogen) atoms. The minimum absolute atomic E-state index is 0.242. The molecular weight excluding hydrogens is 342 g/mol. The predicted octanol–water partition coefficient (Wildman–Crippen LogP) is 4.26. The van der Waals surface area contributed by atoms with Crippen LogP contribution in [0.3, 0.4) is 0 Å². The van der Waals surface area contributed by atoms with Crippen molar-refractivity contribution in [3.8, 4) is 0 Å². The van der Waals surface area contributed by atoms with Crippen molar-refractivity contribution in [3.05, 3.63) is 77.1 Å². The van der Waals surface area contributed by atoms with E-state index in [2.05, 4.69) is 15.8 Å². The topological polar surface area (TPSA) is 79.8 Å². The average molecular weight is 363 g/mol. The molecule has 0 saturated carbocycles. The summed E-state index contributed by atoms with van der Waals surface area (Å²) in [5.41, 5.74) is 6.73. The third-order valence-electron chi connectivity index (χ3n) is 4.63. The molecule has 4 rings (SSSR count). The zero-order chi connectivity index (χ0) is 18.6. The van der Waals surface area contributed by atoms with E-state index in [-0.39, 0.29) is 5.91 Å². The molecule has 2 aromatic heterocycles. The maximum Gasteiger partial charge on any atom is 0.287 e. The number of carbonyl (C=O) groups is 1. The van der Waals surface area contributed by atoms with Gasteiger partial charge in [-0.05, 0) is 44.0 Å². The molecule has 0 saturated heterocycles. The Morgan fingerprint density at radius 3 is 2.78 bits per heavy atom. The molecule has 0 fully saturated rings. The molecule has 1 aromatic carbocycles. The summed E-state index contributed by atoms with van der Waals surface area (Å²) in [6, 6.07) is 13.4. The van der Waals surface area contributed by atoms with Crippen LogP contribution in [-0.2, 0) is 13.0 Å². The van der Waals surface area contributed by atoms with Crippen LogP contribution in [0.4, 0.5) is 5.69 Å². The van der Waals surface area contributed by atoms with Crippen molar-refractivity contribution in [2.24, 2.45) is 5.10 Å². The molecule has 0 radical (unpaired) electrons. The summed E-state index contributed by atoms with van der Waals surface area (Å²) in [4.78, 5) is 12.6. The smallest absolute Gasteiger partial charge is 0.287 e. The maximum atomic E-state index is 12.6. The minimum atomic E-state index is -0.242. The highest BCUT2D eigenvalue weighted by atomic mass is 16.4. The highest BCUT2D eigenvalue weighted by molar-refractivity contribution is 6.06. The van der Waals surface area contributed by atoms with Gasteiger partial charge < -0.3 is 14.2 Å². The number of hydrogen-bond donors (Lipinski definition) is 2. The standard InChI is InChI=1S/C21H21N3O3/c1-14-19-17(24-23-15-7-3-2-4-8-15)10-5-11-18(19)27-20(14)21(25)22-13-16-9-6-12-26-16/h2-4,6-9,12,23H,5,10-11,13H2,1H3,(H,22,25)/b24-17+. The number of nitrogens with one attached hydrogen (secondary N) is 2. The molecule has 0 atom stereocenters. The third kappa shape index (κ3) is 3.65. The maximum absolute atomic E-state index is 12.6. The molecule has 2 heterocycles. The molecule has 0 aliphatic heterocycles. The van der Waals surface area contributed by atoms with Crippen molar-refractivity contribution in [1.82, 2.24) is 5.32 Å². The zero-order valence-corrected chi connectivity index (χ0v) is 15.1. The Balaban J connectivity index is 1.55. The number of hydrogen-bond acceptors (Lipinski definition) is 5. The second-order valence-electron chi connectivity index (χ2n) is 6.51. The lowest BCUT2D eigenvalue weighted by Gasteiger charge is -2.13. The first-order valence-corrected chi connectivity index (χ1v) is 9.03. The Morgan fingerprint density at radius 2 is 2.00 bits per heavy atom. The molecule has 1 amide bonds. The summed E-state index contributed by atoms with van der Waals surface area (Å²) in [7, 11) is 0. The molecule has 0 unspecified atom stereocenters. The Morgan fingerprint density at radius 1 is 1.15 bits per heavy atom. The van der Waals surface area contributed by atoms with Gasteiger partial charge in [0.05, 0.1) is 24.2 Å². The highest BCUT2D eigenvalue weighted by Crippen LogP contribution is 2.30. The summed E-state index contributed by atoms with van der Waals surface area (Å²) in [6.07, 6.45) is 4.19. The van der Waals surface area contributed by atoms with Crippen LogP contribution < -0.4 is 10.7 Å². The van der Waals surface area contributed by atoms with Gasteiger partial charge in [-0.25, -0.2) is 0 Å². The summed E-state index contributed by atoms with van der Waals surface area (Å²) >= 11 is 0. The molecule has 0 bridgehead atoms. The van der Waals surface area contributed by atoms with Crippen LogP contribution in [-0.4, -0.2) is 11.6 Å². The molecule has 3 aromatic rings. The number of amides is 1. The number of carbonyl (C=O) groups excluding carboxylic acids is 1. The summed E-state index contributed by atoms with van der Waals surface area (Å²) in [5.74, 6) is 1.64. The van der Waals surface area contributed by atoms with Crippen LogP contribution in [0.15, 0.2) is 62.7 Å². The van der Waals surface area contributed by atoms with Gasteiger partial charge in [-0.1, -0.05) is 18.2 Å². The van der Waals surface area contributed by atoms with Gasteiger partial charge in [-0.2, -0.15) is 5.10 Å². The van der Waals surface area contributed by atoms with Gasteiger partial charge in [0, 0.05) is 17.5 Å². The van der Waals surface area contributed by atoms with Crippen LogP contribution in [0.2, 0.25) is 0 Å². The number of anilines is 1. The van der Waals surface area contributed by atoms with Gasteiger partial charge in [0.15, 0.2) is 5.76 Å². The number of para-hydroxylation sites is 1. The molecule has 2 N–H and O–H groups in total. The number of furan rings is 2. The average Bonchev–Trinajstić information content (AvgIpc) is 3.34. The number of benzene rings is 1. The van der Waals surface area contributed by atoms with Crippen molar-refractivity contribution in [2.45, 2.75) is 32.7 Å².